The SMILES string of the molecule is Cc1cc(C(C)(C)C)cc(-c2cc(C(=O)N[C@H]3C[C@H](C(=O)O)C3)c(C)n2CC2CCCCC2)c1OC(F)F. The van der Waals surface area contributed by atoms with E-state index in [1.165, 1.54) is 19.3 Å². The van der Waals surface area contributed by atoms with Gasteiger partial charge in [-0.15, -0.1) is 0 Å². The van der Waals surface area contributed by atoms with Crippen molar-refractivity contribution in [1.29, 1.82) is 0 Å². The van der Waals surface area contributed by atoms with E-state index in [9.17, 15) is 23.5 Å². The minimum atomic E-state index is -2.97. The van der Waals surface area contributed by atoms with Crippen LogP contribution in [0.15, 0.2) is 18.2 Å². The zero-order valence-electron chi connectivity index (χ0n) is 23.1. The molecular weight excluding hydrogens is 490 g/mol. The molecule has 0 spiro atoms. The second-order valence-electron chi connectivity index (χ2n) is 12.1. The van der Waals surface area contributed by atoms with Crippen molar-refractivity contribution in [1.82, 2.24) is 9.88 Å². The van der Waals surface area contributed by atoms with Crippen molar-refractivity contribution in [3.63, 3.8) is 0 Å². The second kappa shape index (κ2) is 11.1. The fourth-order valence-corrected chi connectivity index (χ4v) is 5.80. The number of aromatic nitrogens is 1. The summed E-state index contributed by atoms with van der Waals surface area (Å²) in [5.41, 5.74) is 3.91. The Hall–Kier alpha value is -2.90. The Bertz CT molecular complexity index is 1190. The third-order valence-corrected chi connectivity index (χ3v) is 8.22. The van der Waals surface area contributed by atoms with Gasteiger partial charge in [-0.1, -0.05) is 46.1 Å². The van der Waals surface area contributed by atoms with E-state index in [-0.39, 0.29) is 23.1 Å². The number of nitrogens with zero attached hydrogens (tertiary/aromatic N) is 1. The van der Waals surface area contributed by atoms with Crippen molar-refractivity contribution < 1.29 is 28.2 Å². The number of ether oxygens (including phenoxy) is 1. The van der Waals surface area contributed by atoms with Crippen LogP contribution in [0.1, 0.15) is 92.9 Å². The first-order valence-corrected chi connectivity index (χ1v) is 13.7. The van der Waals surface area contributed by atoms with Crippen molar-refractivity contribution >= 4 is 11.9 Å². The zero-order valence-corrected chi connectivity index (χ0v) is 23.1. The summed E-state index contributed by atoms with van der Waals surface area (Å²) in [4.78, 5) is 24.6. The number of halogens is 2. The molecular formula is C30H40F2N2O4. The van der Waals surface area contributed by atoms with E-state index in [1.54, 1.807) is 13.0 Å². The minimum Gasteiger partial charge on any atom is -0.481 e. The Morgan fingerprint density at radius 1 is 1.11 bits per heavy atom. The maximum Gasteiger partial charge on any atom is 0.387 e. The fourth-order valence-electron chi connectivity index (χ4n) is 5.80. The predicted molar refractivity (Wildman–Crippen MR) is 143 cm³/mol. The number of rotatable bonds is 8. The van der Waals surface area contributed by atoms with Gasteiger partial charge in [0, 0.05) is 23.8 Å². The lowest BCUT2D eigenvalue weighted by molar-refractivity contribution is -0.145. The summed E-state index contributed by atoms with van der Waals surface area (Å²) in [5.74, 6) is -0.956. The summed E-state index contributed by atoms with van der Waals surface area (Å²) in [7, 11) is 0. The maximum absolute atomic E-state index is 13.6. The summed E-state index contributed by atoms with van der Waals surface area (Å²) in [5, 5.41) is 12.2. The van der Waals surface area contributed by atoms with Gasteiger partial charge in [0.25, 0.3) is 5.91 Å². The Labute approximate surface area is 223 Å². The molecule has 2 aliphatic rings. The van der Waals surface area contributed by atoms with Gasteiger partial charge in [0.05, 0.1) is 17.2 Å². The summed E-state index contributed by atoms with van der Waals surface area (Å²) >= 11 is 0. The minimum absolute atomic E-state index is 0.130. The molecule has 6 nitrogen and oxygen atoms in total. The Morgan fingerprint density at radius 2 is 1.76 bits per heavy atom. The molecule has 1 aromatic carbocycles. The highest BCUT2D eigenvalue weighted by atomic mass is 19.3. The number of carbonyl (C=O) groups excluding carboxylic acids is 1. The van der Waals surface area contributed by atoms with E-state index >= 15 is 0 Å². The molecule has 0 aliphatic heterocycles. The first-order chi connectivity index (χ1) is 17.8. The highest BCUT2D eigenvalue weighted by molar-refractivity contribution is 5.97. The third-order valence-electron chi connectivity index (χ3n) is 8.22. The molecule has 4 rings (SSSR count). The molecule has 0 atom stereocenters. The summed E-state index contributed by atoms with van der Waals surface area (Å²) in [6.45, 7) is 7.64. The lowest BCUT2D eigenvalue weighted by Crippen LogP contribution is -2.46. The number of carboxylic acid groups (broad SMARTS) is 1. The van der Waals surface area contributed by atoms with E-state index in [1.807, 2.05) is 19.1 Å². The molecule has 2 saturated carbocycles. The van der Waals surface area contributed by atoms with E-state index in [0.29, 0.717) is 47.7 Å². The topological polar surface area (TPSA) is 80.6 Å². The number of aliphatic carboxylic acids is 1. The van der Waals surface area contributed by atoms with Crippen molar-refractivity contribution in [2.75, 3.05) is 0 Å². The average molecular weight is 531 g/mol. The van der Waals surface area contributed by atoms with Gasteiger partial charge >= 0.3 is 12.6 Å². The third kappa shape index (κ3) is 6.05. The van der Waals surface area contributed by atoms with Crippen LogP contribution in [0.3, 0.4) is 0 Å². The van der Waals surface area contributed by atoms with Crippen molar-refractivity contribution in [2.24, 2.45) is 11.8 Å². The predicted octanol–water partition coefficient (Wildman–Crippen LogP) is 6.84. The number of benzene rings is 1. The molecule has 2 fully saturated rings. The zero-order chi connectivity index (χ0) is 27.8. The molecule has 2 N–H and O–H groups in total. The van der Waals surface area contributed by atoms with Crippen LogP contribution >= 0.6 is 0 Å². The van der Waals surface area contributed by atoms with Gasteiger partial charge in [0.15, 0.2) is 0 Å². The number of carbonyl (C=O) groups is 2. The Kier molecular flexibility index (Phi) is 8.19. The molecule has 0 bridgehead atoms. The quantitative estimate of drug-likeness (QED) is 0.391. The standard InChI is InChI=1S/C30H40F2N2O4/c1-17-11-21(30(3,4)5)14-24(26(17)38-29(31)32)25-15-23(27(35)33-22-12-20(13-22)28(36)37)18(2)34(25)16-19-9-7-6-8-10-19/h11,14-15,19-20,22,29H,6-10,12-13,16H2,1-5H3,(H,33,35)(H,36,37)/t20-,22-. The number of amides is 1. The Balaban J connectivity index is 1.79. The smallest absolute Gasteiger partial charge is 0.387 e. The van der Waals surface area contributed by atoms with E-state index < -0.39 is 18.5 Å². The fraction of sp³-hybridized carbons (Fsp3) is 0.600. The van der Waals surface area contributed by atoms with Gasteiger partial charge in [-0.3, -0.25) is 9.59 Å². The lowest BCUT2D eigenvalue weighted by Gasteiger charge is -2.32. The number of carboxylic acids is 1. The van der Waals surface area contributed by atoms with Gasteiger partial charge in [-0.05, 0) is 74.1 Å². The van der Waals surface area contributed by atoms with Gasteiger partial charge in [-0.2, -0.15) is 8.78 Å². The van der Waals surface area contributed by atoms with Gasteiger partial charge in [0.2, 0.25) is 0 Å². The first kappa shape index (κ1) is 28.1. The van der Waals surface area contributed by atoms with Gasteiger partial charge < -0.3 is 19.7 Å². The highest BCUT2D eigenvalue weighted by Crippen LogP contribution is 2.41. The van der Waals surface area contributed by atoms with Crippen LogP contribution < -0.4 is 10.1 Å². The highest BCUT2D eigenvalue weighted by Gasteiger charge is 2.36. The van der Waals surface area contributed by atoms with Crippen molar-refractivity contribution in [2.45, 2.75) is 104 Å². The van der Waals surface area contributed by atoms with Crippen molar-refractivity contribution in [3.8, 4) is 17.0 Å². The molecule has 2 aromatic rings. The van der Waals surface area contributed by atoms with Crippen LogP contribution in [0.25, 0.3) is 11.3 Å². The molecule has 1 amide bonds. The average Bonchev–Trinajstić information content (AvgIpc) is 3.12. The number of nitrogens with one attached hydrogen (secondary N) is 1. The summed E-state index contributed by atoms with van der Waals surface area (Å²) in [6.07, 6.45) is 6.57. The van der Waals surface area contributed by atoms with E-state index in [4.69, 9.17) is 4.74 Å². The Morgan fingerprint density at radius 3 is 2.34 bits per heavy atom. The molecule has 38 heavy (non-hydrogen) atoms. The van der Waals surface area contributed by atoms with Gasteiger partial charge in [-0.25, -0.2) is 0 Å². The monoisotopic (exact) mass is 530 g/mol. The number of aryl methyl sites for hydroxylation is 1. The van der Waals surface area contributed by atoms with Crippen LogP contribution in [0.4, 0.5) is 8.78 Å². The molecule has 0 unspecified atom stereocenters. The van der Waals surface area contributed by atoms with Crippen LogP contribution in [0.2, 0.25) is 0 Å². The van der Waals surface area contributed by atoms with Crippen LogP contribution in [-0.2, 0) is 16.8 Å². The first-order valence-electron chi connectivity index (χ1n) is 13.7. The van der Waals surface area contributed by atoms with Crippen molar-refractivity contribution in [3.05, 3.63) is 40.6 Å². The molecule has 208 valence electrons. The van der Waals surface area contributed by atoms with Crippen LogP contribution in [0, 0.1) is 25.7 Å². The number of alkyl halides is 2. The van der Waals surface area contributed by atoms with Crippen LogP contribution in [-0.4, -0.2) is 34.2 Å². The molecule has 8 heteroatoms. The van der Waals surface area contributed by atoms with Gasteiger partial charge in [0.1, 0.15) is 5.75 Å². The normalized spacial score (nSPS) is 20.3. The molecule has 1 aromatic heterocycles. The molecule has 0 radical (unpaired) electrons. The van der Waals surface area contributed by atoms with Crippen LogP contribution in [0.5, 0.6) is 5.75 Å². The summed E-state index contributed by atoms with van der Waals surface area (Å²) < 4.78 is 34.3. The summed E-state index contributed by atoms with van der Waals surface area (Å²) in [6, 6.07) is 5.42. The number of hydrogen-bond donors (Lipinski definition) is 2. The van der Waals surface area contributed by atoms with E-state index in [0.717, 1.165) is 24.1 Å². The largest absolute Gasteiger partial charge is 0.481 e. The molecule has 0 saturated heterocycles. The number of hydrogen-bond acceptors (Lipinski definition) is 3. The van der Waals surface area contributed by atoms with E-state index in [2.05, 4.69) is 30.7 Å². The maximum atomic E-state index is 13.6. The lowest BCUT2D eigenvalue weighted by atomic mass is 9.80. The molecule has 2 aliphatic carbocycles. The second-order valence-corrected chi connectivity index (χ2v) is 12.1. The molecule has 1 heterocycles.